The van der Waals surface area contributed by atoms with Crippen molar-refractivity contribution in [3.05, 3.63) is 94.6 Å². The molecule has 8 heteroatoms. The molecule has 1 unspecified atom stereocenters. The molecule has 1 aromatic carbocycles. The highest BCUT2D eigenvalue weighted by atomic mass is 19.2. The van der Waals surface area contributed by atoms with E-state index in [1.54, 1.807) is 19.9 Å². The van der Waals surface area contributed by atoms with E-state index in [9.17, 15) is 13.9 Å². The lowest BCUT2D eigenvalue weighted by Crippen LogP contribution is -2.42. The number of nitrogens with one attached hydrogen (secondary N) is 1. The summed E-state index contributed by atoms with van der Waals surface area (Å²) in [6.07, 6.45) is 7.47. The molecule has 6 nitrogen and oxygen atoms in total. The van der Waals surface area contributed by atoms with Crippen LogP contribution in [0.2, 0.25) is 0 Å². The molecule has 0 saturated carbocycles. The van der Waals surface area contributed by atoms with Crippen LogP contribution in [0.1, 0.15) is 60.7 Å². The maximum atomic E-state index is 14.0. The Morgan fingerprint density at radius 2 is 1.92 bits per heavy atom. The minimum Gasteiger partial charge on any atom is -0.389 e. The predicted octanol–water partition coefficient (Wildman–Crippen LogP) is 4.23. The largest absolute Gasteiger partial charge is 0.389 e. The number of ether oxygens (including phenoxy) is 1. The highest BCUT2D eigenvalue weighted by Crippen LogP contribution is 2.43. The Bertz CT molecular complexity index is 1200. The number of piperidine rings is 1. The van der Waals surface area contributed by atoms with Gasteiger partial charge in [-0.25, -0.2) is 8.78 Å². The van der Waals surface area contributed by atoms with Crippen LogP contribution >= 0.6 is 0 Å². The van der Waals surface area contributed by atoms with Crippen molar-refractivity contribution in [1.29, 1.82) is 0 Å². The number of rotatable bonds is 7. The number of pyridine rings is 2. The average Bonchev–Trinajstić information content (AvgIpc) is 3.21. The molecule has 1 saturated heterocycles. The van der Waals surface area contributed by atoms with Gasteiger partial charge in [-0.1, -0.05) is 12.1 Å². The zero-order valence-corrected chi connectivity index (χ0v) is 20.7. The molecule has 1 atom stereocenters. The van der Waals surface area contributed by atoms with Gasteiger partial charge in [0.25, 0.3) is 0 Å². The molecule has 36 heavy (non-hydrogen) atoms. The van der Waals surface area contributed by atoms with E-state index in [-0.39, 0.29) is 12.1 Å². The third-order valence-corrected chi connectivity index (χ3v) is 7.14. The molecule has 0 aliphatic carbocycles. The van der Waals surface area contributed by atoms with Gasteiger partial charge in [-0.05, 0) is 67.6 Å². The molecule has 2 N–H and O–H groups in total. The number of likely N-dealkylation sites (tertiary alicyclic amines) is 1. The van der Waals surface area contributed by atoms with Crippen molar-refractivity contribution in [2.75, 3.05) is 19.6 Å². The molecule has 0 bridgehead atoms. The molecular formula is C28H32F2N4O2. The maximum Gasteiger partial charge on any atom is 0.159 e. The number of benzene rings is 1. The van der Waals surface area contributed by atoms with Crippen LogP contribution in [-0.4, -0.2) is 45.2 Å². The average molecular weight is 495 g/mol. The number of fused-ring (bicyclic) bond motifs is 2. The number of hydrogen-bond donors (Lipinski definition) is 2. The molecule has 2 aromatic heterocycles. The third kappa shape index (κ3) is 5.32. The second-order valence-electron chi connectivity index (χ2n) is 10.5. The van der Waals surface area contributed by atoms with Crippen molar-refractivity contribution in [2.24, 2.45) is 0 Å². The summed E-state index contributed by atoms with van der Waals surface area (Å²) in [5, 5.41) is 13.4. The molecule has 1 fully saturated rings. The number of nitrogens with zero attached hydrogens (tertiary/aromatic N) is 3. The Morgan fingerprint density at radius 1 is 1.11 bits per heavy atom. The summed E-state index contributed by atoms with van der Waals surface area (Å²) >= 11 is 0. The molecule has 4 heterocycles. The van der Waals surface area contributed by atoms with Gasteiger partial charge >= 0.3 is 0 Å². The van der Waals surface area contributed by atoms with Gasteiger partial charge in [-0.2, -0.15) is 0 Å². The van der Waals surface area contributed by atoms with Crippen LogP contribution in [-0.2, 0) is 23.5 Å². The second kappa shape index (κ2) is 9.94. The van der Waals surface area contributed by atoms with Gasteiger partial charge in [0.15, 0.2) is 11.6 Å². The molecule has 0 amide bonds. The first-order chi connectivity index (χ1) is 17.2. The van der Waals surface area contributed by atoms with Crippen LogP contribution in [0.5, 0.6) is 0 Å². The van der Waals surface area contributed by atoms with Crippen molar-refractivity contribution < 1.29 is 18.6 Å². The second-order valence-corrected chi connectivity index (χ2v) is 10.5. The number of aliphatic hydroxyl groups is 1. The quantitative estimate of drug-likeness (QED) is 0.513. The molecule has 3 aromatic rings. The van der Waals surface area contributed by atoms with E-state index in [1.807, 2.05) is 36.8 Å². The fraction of sp³-hybridized carbons (Fsp3) is 0.429. The van der Waals surface area contributed by atoms with Gasteiger partial charge in [0, 0.05) is 50.3 Å². The first-order valence-corrected chi connectivity index (χ1v) is 12.4. The lowest BCUT2D eigenvalue weighted by Gasteiger charge is -2.39. The fourth-order valence-corrected chi connectivity index (χ4v) is 5.13. The number of halogens is 2. The van der Waals surface area contributed by atoms with Crippen LogP contribution in [0.4, 0.5) is 8.78 Å². The molecule has 5 rings (SSSR count). The Hall–Kier alpha value is -2.78. The minimum atomic E-state index is -0.970. The molecule has 0 radical (unpaired) electrons. The minimum absolute atomic E-state index is 0.216. The normalized spacial score (nSPS) is 18.4. The Morgan fingerprint density at radius 3 is 2.61 bits per heavy atom. The van der Waals surface area contributed by atoms with Crippen LogP contribution < -0.4 is 5.32 Å². The zero-order chi connectivity index (χ0) is 25.3. The van der Waals surface area contributed by atoms with Crippen LogP contribution in [0, 0.1) is 11.6 Å². The topological polar surface area (TPSA) is 70.5 Å². The maximum absolute atomic E-state index is 14.0. The van der Waals surface area contributed by atoms with Gasteiger partial charge in [-0.3, -0.25) is 14.9 Å². The van der Waals surface area contributed by atoms with Crippen LogP contribution in [0.25, 0.3) is 0 Å². The van der Waals surface area contributed by atoms with Crippen molar-refractivity contribution in [3.63, 3.8) is 0 Å². The molecule has 190 valence electrons. The van der Waals surface area contributed by atoms with Crippen molar-refractivity contribution in [3.8, 4) is 0 Å². The Labute approximate surface area is 210 Å². The van der Waals surface area contributed by atoms with E-state index in [0.29, 0.717) is 17.9 Å². The molecule has 2 aliphatic heterocycles. The van der Waals surface area contributed by atoms with Gasteiger partial charge < -0.3 is 15.2 Å². The summed E-state index contributed by atoms with van der Waals surface area (Å²) in [6.45, 7) is 6.90. The van der Waals surface area contributed by atoms with Crippen molar-refractivity contribution in [1.82, 2.24) is 20.2 Å². The Balaban J connectivity index is 1.26. The molecule has 2 aliphatic rings. The van der Waals surface area contributed by atoms with Gasteiger partial charge in [0.2, 0.25) is 0 Å². The van der Waals surface area contributed by atoms with E-state index >= 15 is 0 Å². The Kier molecular flexibility index (Phi) is 6.87. The smallest absolute Gasteiger partial charge is 0.159 e. The van der Waals surface area contributed by atoms with Gasteiger partial charge in [-0.15, -0.1) is 0 Å². The van der Waals surface area contributed by atoms with Gasteiger partial charge in [0.05, 0.1) is 29.5 Å². The van der Waals surface area contributed by atoms with Crippen LogP contribution in [0.3, 0.4) is 0 Å². The summed E-state index contributed by atoms with van der Waals surface area (Å²) in [5.74, 6) is -1.80. The van der Waals surface area contributed by atoms with E-state index in [2.05, 4.69) is 20.2 Å². The van der Waals surface area contributed by atoms with E-state index in [0.717, 1.165) is 44.1 Å². The summed E-state index contributed by atoms with van der Waals surface area (Å²) in [7, 11) is 0. The van der Waals surface area contributed by atoms with E-state index in [1.165, 1.54) is 17.2 Å². The summed E-state index contributed by atoms with van der Waals surface area (Å²) in [6, 6.07) is 9.33. The monoisotopic (exact) mass is 494 g/mol. The lowest BCUT2D eigenvalue weighted by atomic mass is 9.84. The number of hydrogen-bond acceptors (Lipinski definition) is 6. The summed E-state index contributed by atoms with van der Waals surface area (Å²) < 4.78 is 33.7. The summed E-state index contributed by atoms with van der Waals surface area (Å²) in [5.41, 5.74) is 3.59. The first kappa shape index (κ1) is 24.9. The summed E-state index contributed by atoms with van der Waals surface area (Å²) in [4.78, 5) is 11.4. The number of aromatic nitrogens is 2. The fourth-order valence-electron chi connectivity index (χ4n) is 5.13. The van der Waals surface area contributed by atoms with Gasteiger partial charge in [0.1, 0.15) is 0 Å². The molecule has 1 spiro atoms. The highest BCUT2D eigenvalue weighted by Gasteiger charge is 2.42. The van der Waals surface area contributed by atoms with E-state index < -0.39 is 23.3 Å². The zero-order valence-electron chi connectivity index (χ0n) is 20.7. The SMILES string of the molecule is CC(C)(O)CNC(c1ccc(F)c(F)c1)c1ccc(CN2CCC3(CC2)OCc2ccncc23)cn1. The standard InChI is InChI=1S/C28H32F2N4O2/c1-27(2,35)18-33-26(20-4-5-23(29)24(30)13-20)25-6-3-19(14-32-25)16-34-11-8-28(9-12-34)22-15-31-10-7-21(22)17-36-28/h3-7,10,13-15,26,33,35H,8-9,11-12,16-18H2,1-2H3. The first-order valence-electron chi connectivity index (χ1n) is 12.4. The third-order valence-electron chi connectivity index (χ3n) is 7.14. The van der Waals surface area contributed by atoms with E-state index in [4.69, 9.17) is 4.74 Å². The molecular weight excluding hydrogens is 462 g/mol. The van der Waals surface area contributed by atoms with Crippen molar-refractivity contribution in [2.45, 2.75) is 57.1 Å². The predicted molar refractivity (Wildman–Crippen MR) is 132 cm³/mol. The van der Waals surface area contributed by atoms with Crippen LogP contribution in [0.15, 0.2) is 55.0 Å². The highest BCUT2D eigenvalue weighted by molar-refractivity contribution is 5.33. The lowest BCUT2D eigenvalue weighted by molar-refractivity contribution is -0.0800. The van der Waals surface area contributed by atoms with Crippen molar-refractivity contribution >= 4 is 0 Å².